The summed E-state index contributed by atoms with van der Waals surface area (Å²) in [5.41, 5.74) is 7.54. The second kappa shape index (κ2) is 12.8. The molecule has 0 radical (unpaired) electrons. The summed E-state index contributed by atoms with van der Waals surface area (Å²) in [7, 11) is 1.65. The number of rotatable bonds is 15. The summed E-state index contributed by atoms with van der Waals surface area (Å²) < 4.78 is 7.56. The zero-order chi connectivity index (χ0) is 22.8. The Morgan fingerprint density at radius 2 is 1.78 bits per heavy atom. The van der Waals surface area contributed by atoms with E-state index < -0.39 is 0 Å². The Kier molecular flexibility index (Phi) is 9.84. The first-order valence-corrected chi connectivity index (χ1v) is 12.7. The monoisotopic (exact) mass is 445 g/mol. The first-order chi connectivity index (χ1) is 15.7. The largest absolute Gasteiger partial charge is 0.468 e. The quantitative estimate of drug-likeness (QED) is 0.379. The Morgan fingerprint density at radius 3 is 2.50 bits per heavy atom. The highest BCUT2D eigenvalue weighted by atomic mass is 16.5. The lowest BCUT2D eigenvalue weighted by Gasteiger charge is -2.28. The highest BCUT2D eigenvalue weighted by Crippen LogP contribution is 2.26. The molecule has 1 aliphatic rings. The predicted molar refractivity (Wildman–Crippen MR) is 132 cm³/mol. The van der Waals surface area contributed by atoms with E-state index in [1.165, 1.54) is 64.5 Å². The van der Waals surface area contributed by atoms with Gasteiger partial charge >= 0.3 is 0 Å². The van der Waals surface area contributed by atoms with Crippen LogP contribution in [0.5, 0.6) is 6.01 Å². The first-order valence-electron chi connectivity index (χ1n) is 12.7. The summed E-state index contributed by atoms with van der Waals surface area (Å²) in [5, 5.41) is 3.27. The third kappa shape index (κ3) is 6.47. The van der Waals surface area contributed by atoms with E-state index in [9.17, 15) is 0 Å². The van der Waals surface area contributed by atoms with Crippen LogP contribution < -0.4 is 15.8 Å². The molecule has 0 aliphatic heterocycles. The van der Waals surface area contributed by atoms with Crippen LogP contribution in [0.4, 0.5) is 11.8 Å². The van der Waals surface area contributed by atoms with Crippen LogP contribution in [0.25, 0.3) is 11.2 Å². The molecule has 180 valence electrons. The maximum Gasteiger partial charge on any atom is 0.298 e. The number of anilines is 2. The number of unbranched alkanes of at least 4 members (excludes halogenated alkanes) is 4. The van der Waals surface area contributed by atoms with Crippen molar-refractivity contribution in [3.8, 4) is 6.01 Å². The molecule has 1 aliphatic carbocycles. The minimum Gasteiger partial charge on any atom is -0.468 e. The SMILES string of the molecule is CCCCNc1nc(N)c2nc(OC)n(CCCCCCN(CCC)C3CCCC3)c2n1. The fraction of sp³-hybridized carbons (Fsp3) is 0.792. The maximum atomic E-state index is 6.17. The smallest absolute Gasteiger partial charge is 0.298 e. The Bertz CT molecular complexity index is 816. The van der Waals surface area contributed by atoms with Crippen LogP contribution in [0.1, 0.15) is 84.5 Å². The van der Waals surface area contributed by atoms with Gasteiger partial charge in [0.05, 0.1) is 7.11 Å². The highest BCUT2D eigenvalue weighted by molar-refractivity contribution is 5.84. The first kappa shape index (κ1) is 24.6. The van der Waals surface area contributed by atoms with E-state index in [4.69, 9.17) is 15.5 Å². The number of hydrogen-bond donors (Lipinski definition) is 2. The number of methoxy groups -OCH3 is 1. The average Bonchev–Trinajstić information content (AvgIpc) is 3.44. The molecule has 0 aromatic carbocycles. The van der Waals surface area contributed by atoms with Gasteiger partial charge in [-0.05, 0) is 51.6 Å². The maximum absolute atomic E-state index is 6.17. The van der Waals surface area contributed by atoms with Crippen molar-refractivity contribution < 1.29 is 4.74 Å². The van der Waals surface area contributed by atoms with Gasteiger partial charge in [-0.3, -0.25) is 4.57 Å². The van der Waals surface area contributed by atoms with Crippen molar-refractivity contribution in [2.24, 2.45) is 0 Å². The minimum absolute atomic E-state index is 0.397. The van der Waals surface area contributed by atoms with Crippen molar-refractivity contribution in [1.29, 1.82) is 0 Å². The van der Waals surface area contributed by atoms with E-state index in [0.29, 0.717) is 23.3 Å². The van der Waals surface area contributed by atoms with Gasteiger partial charge in [0.1, 0.15) is 0 Å². The molecule has 0 atom stereocenters. The molecule has 2 aromatic rings. The standard InChI is InChI=1S/C24H43N7O/c1-4-6-15-26-23-28-21(25)20-22(29-23)31(24(27-20)32-3)18-12-8-7-11-17-30(16-5-2)19-13-9-10-14-19/h19H,4-18H2,1-3H3,(H3,25,26,28,29). The number of nitrogens with two attached hydrogens (primary N) is 1. The van der Waals surface area contributed by atoms with Crippen molar-refractivity contribution in [3.63, 3.8) is 0 Å². The molecule has 0 bridgehead atoms. The van der Waals surface area contributed by atoms with Crippen molar-refractivity contribution in [2.45, 2.75) is 97.1 Å². The number of fused-ring (bicyclic) bond motifs is 1. The lowest BCUT2D eigenvalue weighted by Crippen LogP contribution is -2.34. The topological polar surface area (TPSA) is 94.1 Å². The van der Waals surface area contributed by atoms with Gasteiger partial charge in [0.15, 0.2) is 17.0 Å². The molecule has 0 spiro atoms. The number of aromatic nitrogens is 4. The third-order valence-corrected chi connectivity index (χ3v) is 6.51. The Morgan fingerprint density at radius 1 is 1.00 bits per heavy atom. The molecule has 2 aromatic heterocycles. The summed E-state index contributed by atoms with van der Waals surface area (Å²) in [6.07, 6.45) is 13.9. The molecular weight excluding hydrogens is 402 g/mol. The van der Waals surface area contributed by atoms with Gasteiger partial charge in [-0.15, -0.1) is 0 Å². The van der Waals surface area contributed by atoms with Gasteiger partial charge < -0.3 is 20.7 Å². The van der Waals surface area contributed by atoms with E-state index in [-0.39, 0.29) is 0 Å². The second-order valence-corrected chi connectivity index (χ2v) is 9.02. The summed E-state index contributed by atoms with van der Waals surface area (Å²) in [6.45, 7) is 8.61. The van der Waals surface area contributed by atoms with E-state index in [2.05, 4.69) is 34.0 Å². The number of nitrogens with one attached hydrogen (secondary N) is 1. The van der Waals surface area contributed by atoms with Gasteiger partial charge in [0, 0.05) is 19.1 Å². The summed E-state index contributed by atoms with van der Waals surface area (Å²) >= 11 is 0. The zero-order valence-electron chi connectivity index (χ0n) is 20.4. The number of imidazole rings is 1. The molecule has 2 heterocycles. The molecule has 8 nitrogen and oxygen atoms in total. The molecule has 0 unspecified atom stereocenters. The van der Waals surface area contributed by atoms with E-state index in [1.54, 1.807) is 7.11 Å². The van der Waals surface area contributed by atoms with Crippen molar-refractivity contribution >= 4 is 22.9 Å². The molecule has 3 rings (SSSR count). The van der Waals surface area contributed by atoms with Crippen LogP contribution in [0.15, 0.2) is 0 Å². The van der Waals surface area contributed by atoms with Crippen LogP contribution in [0.3, 0.4) is 0 Å². The average molecular weight is 446 g/mol. The number of hydrogen-bond acceptors (Lipinski definition) is 7. The molecule has 0 saturated heterocycles. The van der Waals surface area contributed by atoms with Crippen molar-refractivity contribution in [1.82, 2.24) is 24.4 Å². The molecule has 3 N–H and O–H groups in total. The number of nitrogen functional groups attached to an aromatic ring is 1. The second-order valence-electron chi connectivity index (χ2n) is 9.02. The Labute approximate surface area is 193 Å². The molecule has 1 fully saturated rings. The Hall–Kier alpha value is -2.09. The predicted octanol–water partition coefficient (Wildman–Crippen LogP) is 4.84. The highest BCUT2D eigenvalue weighted by Gasteiger charge is 2.21. The van der Waals surface area contributed by atoms with Crippen LogP contribution in [-0.4, -0.2) is 57.2 Å². The molecular formula is C24H43N7O. The molecule has 0 amide bonds. The van der Waals surface area contributed by atoms with Crippen LogP contribution >= 0.6 is 0 Å². The number of ether oxygens (including phenoxy) is 1. The van der Waals surface area contributed by atoms with Crippen molar-refractivity contribution in [2.75, 3.05) is 37.8 Å². The molecule has 1 saturated carbocycles. The fourth-order valence-electron chi connectivity index (χ4n) is 4.79. The van der Waals surface area contributed by atoms with E-state index in [0.717, 1.165) is 44.0 Å². The van der Waals surface area contributed by atoms with Crippen LogP contribution in [0.2, 0.25) is 0 Å². The Balaban J connectivity index is 1.53. The van der Waals surface area contributed by atoms with E-state index >= 15 is 0 Å². The van der Waals surface area contributed by atoms with Gasteiger partial charge in [-0.1, -0.05) is 46.0 Å². The van der Waals surface area contributed by atoms with Crippen LogP contribution in [-0.2, 0) is 6.54 Å². The lowest BCUT2D eigenvalue weighted by atomic mass is 10.1. The summed E-state index contributed by atoms with van der Waals surface area (Å²) in [6, 6.07) is 1.39. The summed E-state index contributed by atoms with van der Waals surface area (Å²) in [5.74, 6) is 0.962. The zero-order valence-corrected chi connectivity index (χ0v) is 20.4. The number of aryl methyl sites for hydroxylation is 1. The van der Waals surface area contributed by atoms with Gasteiger partial charge in [-0.2, -0.15) is 15.0 Å². The van der Waals surface area contributed by atoms with Gasteiger partial charge in [0.2, 0.25) is 5.95 Å². The van der Waals surface area contributed by atoms with E-state index in [1.807, 2.05) is 4.57 Å². The van der Waals surface area contributed by atoms with Gasteiger partial charge in [0.25, 0.3) is 6.01 Å². The number of nitrogens with zero attached hydrogens (tertiary/aromatic N) is 5. The third-order valence-electron chi connectivity index (χ3n) is 6.51. The fourth-order valence-corrected chi connectivity index (χ4v) is 4.79. The lowest BCUT2D eigenvalue weighted by molar-refractivity contribution is 0.194. The minimum atomic E-state index is 0.397. The summed E-state index contributed by atoms with van der Waals surface area (Å²) in [4.78, 5) is 16.3. The molecule has 8 heteroatoms. The normalized spacial score (nSPS) is 14.6. The van der Waals surface area contributed by atoms with Gasteiger partial charge in [-0.25, -0.2) is 0 Å². The molecule has 32 heavy (non-hydrogen) atoms. The van der Waals surface area contributed by atoms with Crippen LogP contribution in [0, 0.1) is 0 Å². The van der Waals surface area contributed by atoms with Crippen molar-refractivity contribution in [3.05, 3.63) is 0 Å².